The van der Waals surface area contributed by atoms with Gasteiger partial charge in [-0.2, -0.15) is 0 Å². The zero-order chi connectivity index (χ0) is 12.1. The number of hydrogen-bond acceptors (Lipinski definition) is 1. The fourth-order valence-corrected chi connectivity index (χ4v) is 1.97. The third-order valence-electron chi connectivity index (χ3n) is 2.84. The molecule has 1 nitrogen and oxygen atoms in total. The quantitative estimate of drug-likeness (QED) is 0.760. The third kappa shape index (κ3) is 2.68. The van der Waals surface area contributed by atoms with Crippen molar-refractivity contribution in [2.75, 3.05) is 7.11 Å². The SMILES string of the molecule is CCCc1[c]cccc1-c1ccc(OC)cc1. The molecule has 0 saturated carbocycles. The van der Waals surface area contributed by atoms with Gasteiger partial charge in [0.1, 0.15) is 5.75 Å². The van der Waals surface area contributed by atoms with Crippen LogP contribution in [0.15, 0.2) is 42.5 Å². The van der Waals surface area contributed by atoms with Gasteiger partial charge in [-0.15, -0.1) is 0 Å². The minimum Gasteiger partial charge on any atom is -0.497 e. The predicted octanol–water partition coefficient (Wildman–Crippen LogP) is 4.11. The zero-order valence-electron chi connectivity index (χ0n) is 10.4. The molecule has 0 unspecified atom stereocenters. The van der Waals surface area contributed by atoms with E-state index in [1.54, 1.807) is 7.11 Å². The van der Waals surface area contributed by atoms with Crippen LogP contribution in [0.2, 0.25) is 0 Å². The van der Waals surface area contributed by atoms with Crippen molar-refractivity contribution >= 4 is 0 Å². The van der Waals surface area contributed by atoms with Gasteiger partial charge in [-0.3, -0.25) is 0 Å². The first-order valence-corrected chi connectivity index (χ1v) is 5.99. The topological polar surface area (TPSA) is 9.23 Å². The van der Waals surface area contributed by atoms with E-state index >= 15 is 0 Å². The Balaban J connectivity index is 2.37. The van der Waals surface area contributed by atoms with Crippen LogP contribution in [-0.4, -0.2) is 7.11 Å². The number of methoxy groups -OCH3 is 1. The molecule has 0 heterocycles. The zero-order valence-corrected chi connectivity index (χ0v) is 10.4. The smallest absolute Gasteiger partial charge is 0.118 e. The molecule has 2 rings (SSSR count). The summed E-state index contributed by atoms with van der Waals surface area (Å²) in [4.78, 5) is 0. The number of benzene rings is 2. The van der Waals surface area contributed by atoms with E-state index in [9.17, 15) is 0 Å². The van der Waals surface area contributed by atoms with E-state index in [2.05, 4.69) is 31.2 Å². The summed E-state index contributed by atoms with van der Waals surface area (Å²) >= 11 is 0. The van der Waals surface area contributed by atoms with Gasteiger partial charge in [0.15, 0.2) is 0 Å². The molecular weight excluding hydrogens is 208 g/mol. The Morgan fingerprint density at radius 1 is 1.12 bits per heavy atom. The molecule has 0 bridgehead atoms. The van der Waals surface area contributed by atoms with Crippen molar-refractivity contribution in [2.45, 2.75) is 19.8 Å². The van der Waals surface area contributed by atoms with Crippen LogP contribution in [0.5, 0.6) is 5.75 Å². The molecule has 0 atom stereocenters. The first-order valence-electron chi connectivity index (χ1n) is 5.99. The molecule has 0 aliphatic heterocycles. The monoisotopic (exact) mass is 225 g/mol. The Morgan fingerprint density at radius 3 is 2.53 bits per heavy atom. The molecule has 1 radical (unpaired) electrons. The normalized spacial score (nSPS) is 10.2. The van der Waals surface area contributed by atoms with Gasteiger partial charge in [0.25, 0.3) is 0 Å². The molecule has 2 aromatic carbocycles. The lowest BCUT2D eigenvalue weighted by atomic mass is 9.97. The maximum Gasteiger partial charge on any atom is 0.118 e. The molecule has 1 heteroatoms. The maximum absolute atomic E-state index is 5.17. The first-order chi connectivity index (χ1) is 8.35. The summed E-state index contributed by atoms with van der Waals surface area (Å²) in [6.45, 7) is 2.19. The Bertz CT molecular complexity index is 471. The Kier molecular flexibility index (Phi) is 3.81. The molecule has 0 fully saturated rings. The van der Waals surface area contributed by atoms with E-state index in [0.717, 1.165) is 18.6 Å². The van der Waals surface area contributed by atoms with E-state index in [4.69, 9.17) is 4.74 Å². The Morgan fingerprint density at radius 2 is 1.88 bits per heavy atom. The largest absolute Gasteiger partial charge is 0.497 e. The summed E-state index contributed by atoms with van der Waals surface area (Å²) in [5.41, 5.74) is 3.79. The second-order valence-corrected chi connectivity index (χ2v) is 4.04. The summed E-state index contributed by atoms with van der Waals surface area (Å²) in [5, 5.41) is 0. The molecule has 0 amide bonds. The highest BCUT2D eigenvalue weighted by Crippen LogP contribution is 2.26. The molecule has 0 N–H and O–H groups in total. The molecule has 0 aliphatic carbocycles. The summed E-state index contributed by atoms with van der Waals surface area (Å²) < 4.78 is 5.17. The second-order valence-electron chi connectivity index (χ2n) is 4.04. The van der Waals surface area contributed by atoms with Crippen LogP contribution in [0, 0.1) is 6.07 Å². The molecule has 17 heavy (non-hydrogen) atoms. The van der Waals surface area contributed by atoms with Crippen LogP contribution in [0.4, 0.5) is 0 Å². The van der Waals surface area contributed by atoms with E-state index < -0.39 is 0 Å². The molecule has 0 aliphatic rings. The number of hydrogen-bond donors (Lipinski definition) is 0. The number of aryl methyl sites for hydroxylation is 1. The highest BCUT2D eigenvalue weighted by Gasteiger charge is 2.03. The lowest BCUT2D eigenvalue weighted by molar-refractivity contribution is 0.415. The van der Waals surface area contributed by atoms with Crippen LogP contribution in [0.1, 0.15) is 18.9 Å². The van der Waals surface area contributed by atoms with Gasteiger partial charge in [0, 0.05) is 0 Å². The van der Waals surface area contributed by atoms with Crippen molar-refractivity contribution < 1.29 is 4.74 Å². The average molecular weight is 225 g/mol. The highest BCUT2D eigenvalue weighted by atomic mass is 16.5. The summed E-state index contributed by atoms with van der Waals surface area (Å²) in [7, 11) is 1.69. The van der Waals surface area contributed by atoms with Gasteiger partial charge in [0.05, 0.1) is 7.11 Å². The van der Waals surface area contributed by atoms with Crippen molar-refractivity contribution in [3.05, 3.63) is 54.1 Å². The second kappa shape index (κ2) is 5.53. The molecule has 0 spiro atoms. The van der Waals surface area contributed by atoms with Crippen LogP contribution >= 0.6 is 0 Å². The van der Waals surface area contributed by atoms with Crippen molar-refractivity contribution in [2.24, 2.45) is 0 Å². The molecular formula is C16H17O. The van der Waals surface area contributed by atoms with Gasteiger partial charge in [0.2, 0.25) is 0 Å². The summed E-state index contributed by atoms with van der Waals surface area (Å²) in [6, 6.07) is 17.7. The highest BCUT2D eigenvalue weighted by molar-refractivity contribution is 5.67. The van der Waals surface area contributed by atoms with E-state index in [-0.39, 0.29) is 0 Å². The molecule has 0 aromatic heterocycles. The van der Waals surface area contributed by atoms with E-state index in [0.29, 0.717) is 0 Å². The Labute approximate surface area is 103 Å². The van der Waals surface area contributed by atoms with Gasteiger partial charge in [-0.05, 0) is 41.3 Å². The molecule has 2 aromatic rings. The molecule has 0 saturated heterocycles. The standard InChI is InChI=1S/C16H17O/c1-3-6-13-7-4-5-8-16(13)14-9-11-15(17-2)12-10-14/h4-5,8-12H,3,6H2,1-2H3. The van der Waals surface area contributed by atoms with Crippen molar-refractivity contribution in [3.8, 4) is 16.9 Å². The first kappa shape index (κ1) is 11.7. The summed E-state index contributed by atoms with van der Waals surface area (Å²) in [6.07, 6.45) is 2.21. The average Bonchev–Trinajstić information content (AvgIpc) is 2.40. The van der Waals surface area contributed by atoms with Crippen LogP contribution in [0.3, 0.4) is 0 Å². The minimum absolute atomic E-state index is 0.894. The Hall–Kier alpha value is -1.76. The van der Waals surface area contributed by atoms with Gasteiger partial charge in [-0.1, -0.05) is 43.7 Å². The van der Waals surface area contributed by atoms with Crippen LogP contribution in [0.25, 0.3) is 11.1 Å². The minimum atomic E-state index is 0.894. The van der Waals surface area contributed by atoms with E-state index in [1.165, 1.54) is 16.7 Å². The van der Waals surface area contributed by atoms with Crippen molar-refractivity contribution in [1.29, 1.82) is 0 Å². The maximum atomic E-state index is 5.17. The third-order valence-corrected chi connectivity index (χ3v) is 2.84. The molecule has 87 valence electrons. The lowest BCUT2D eigenvalue weighted by Gasteiger charge is -2.09. The van der Waals surface area contributed by atoms with Crippen molar-refractivity contribution in [3.63, 3.8) is 0 Å². The van der Waals surface area contributed by atoms with Gasteiger partial charge >= 0.3 is 0 Å². The fourth-order valence-electron chi connectivity index (χ4n) is 1.97. The number of ether oxygens (including phenoxy) is 1. The van der Waals surface area contributed by atoms with Gasteiger partial charge in [-0.25, -0.2) is 0 Å². The van der Waals surface area contributed by atoms with Crippen LogP contribution in [-0.2, 0) is 6.42 Å². The fraction of sp³-hybridized carbons (Fsp3) is 0.250. The van der Waals surface area contributed by atoms with E-state index in [1.807, 2.05) is 24.3 Å². The van der Waals surface area contributed by atoms with Crippen molar-refractivity contribution in [1.82, 2.24) is 0 Å². The lowest BCUT2D eigenvalue weighted by Crippen LogP contribution is -1.89. The number of rotatable bonds is 4. The van der Waals surface area contributed by atoms with Gasteiger partial charge < -0.3 is 4.74 Å². The predicted molar refractivity (Wildman–Crippen MR) is 71.3 cm³/mol. The summed E-state index contributed by atoms with van der Waals surface area (Å²) in [5.74, 6) is 0.894. The van der Waals surface area contributed by atoms with Crippen LogP contribution < -0.4 is 4.74 Å².